The van der Waals surface area contributed by atoms with Gasteiger partial charge in [0.05, 0.1) is 25.1 Å². The second-order valence-corrected chi connectivity index (χ2v) is 7.70. The molecule has 3 aliphatic rings. The molecule has 26 heavy (non-hydrogen) atoms. The van der Waals surface area contributed by atoms with E-state index < -0.39 is 6.04 Å². The van der Waals surface area contributed by atoms with E-state index in [0.29, 0.717) is 6.42 Å². The standard InChI is InChI=1S/C20H23N3O3/c1-10-4-6-11(7-5-10)16-15-14(17(22-16)20(25)26-3)18-12(9-21)8-13(19(15)24)23(18)2/h4-7,12-18,22H,8H2,1-3H3/t12-,13+,14+,15-,16+,17+,18+/m0/s1. The summed E-state index contributed by atoms with van der Waals surface area (Å²) in [6, 6.07) is 9.27. The van der Waals surface area contributed by atoms with E-state index in [1.807, 2.05) is 43.1 Å². The van der Waals surface area contributed by atoms with E-state index in [1.165, 1.54) is 7.11 Å². The first-order chi connectivity index (χ1) is 12.5. The number of aryl methyl sites for hydroxylation is 1. The SMILES string of the molecule is COC(=O)[C@@H]1N[C@H](c2ccc(C)cc2)[C@H]2C(=O)[C@H]3C[C@@H](C#N)[C@H]([C@H]21)N3C. The van der Waals surface area contributed by atoms with Crippen molar-refractivity contribution in [3.05, 3.63) is 35.4 Å². The quantitative estimate of drug-likeness (QED) is 0.805. The number of nitriles is 1. The van der Waals surface area contributed by atoms with Crippen molar-refractivity contribution in [2.45, 2.75) is 37.5 Å². The van der Waals surface area contributed by atoms with Crippen molar-refractivity contribution < 1.29 is 14.3 Å². The van der Waals surface area contributed by atoms with Gasteiger partial charge in [-0.05, 0) is 26.0 Å². The molecule has 0 radical (unpaired) electrons. The molecule has 3 saturated heterocycles. The Hall–Kier alpha value is -2.23. The van der Waals surface area contributed by atoms with Crippen molar-refractivity contribution in [3.63, 3.8) is 0 Å². The van der Waals surface area contributed by atoms with Crippen LogP contribution in [-0.4, -0.2) is 48.9 Å². The Bertz CT molecular complexity index is 784. The first kappa shape index (κ1) is 17.2. The van der Waals surface area contributed by atoms with Crippen LogP contribution in [0.4, 0.5) is 0 Å². The maximum absolute atomic E-state index is 13.3. The van der Waals surface area contributed by atoms with Crippen molar-refractivity contribution in [3.8, 4) is 6.07 Å². The summed E-state index contributed by atoms with van der Waals surface area (Å²) in [5.74, 6) is -1.04. The summed E-state index contributed by atoms with van der Waals surface area (Å²) < 4.78 is 5.02. The molecule has 3 fully saturated rings. The molecule has 6 heteroatoms. The highest BCUT2D eigenvalue weighted by molar-refractivity contribution is 5.91. The van der Waals surface area contributed by atoms with Gasteiger partial charge in [-0.2, -0.15) is 5.26 Å². The Kier molecular flexibility index (Phi) is 4.09. The monoisotopic (exact) mass is 353 g/mol. The van der Waals surface area contributed by atoms with Gasteiger partial charge in [-0.15, -0.1) is 0 Å². The van der Waals surface area contributed by atoms with Gasteiger partial charge in [-0.25, -0.2) is 0 Å². The molecule has 0 aromatic heterocycles. The third kappa shape index (κ3) is 2.31. The van der Waals surface area contributed by atoms with Gasteiger partial charge >= 0.3 is 5.97 Å². The molecule has 0 saturated carbocycles. The minimum atomic E-state index is -0.581. The average molecular weight is 353 g/mol. The van der Waals surface area contributed by atoms with Crippen molar-refractivity contribution in [2.75, 3.05) is 14.2 Å². The zero-order valence-electron chi connectivity index (χ0n) is 15.2. The predicted octanol–water partition coefficient (Wildman–Crippen LogP) is 1.21. The van der Waals surface area contributed by atoms with E-state index in [9.17, 15) is 14.9 Å². The number of esters is 1. The van der Waals surface area contributed by atoms with E-state index >= 15 is 0 Å². The molecule has 0 unspecified atom stereocenters. The van der Waals surface area contributed by atoms with Gasteiger partial charge in [0, 0.05) is 23.9 Å². The Morgan fingerprint density at radius 3 is 2.65 bits per heavy atom. The number of rotatable bonds is 2. The molecular formula is C20H23N3O3. The minimum Gasteiger partial charge on any atom is -0.468 e. The third-order valence-electron chi connectivity index (χ3n) is 6.48. The third-order valence-corrected chi connectivity index (χ3v) is 6.48. The summed E-state index contributed by atoms with van der Waals surface area (Å²) in [7, 11) is 3.26. The van der Waals surface area contributed by atoms with Gasteiger partial charge in [-0.3, -0.25) is 19.8 Å². The summed E-state index contributed by atoms with van der Waals surface area (Å²) in [6.07, 6.45) is 0.554. The predicted molar refractivity (Wildman–Crippen MR) is 93.9 cm³/mol. The second kappa shape index (κ2) is 6.19. The smallest absolute Gasteiger partial charge is 0.323 e. The first-order valence-electron chi connectivity index (χ1n) is 9.03. The number of ether oxygens (including phenoxy) is 1. The molecule has 4 rings (SSSR count). The molecule has 3 aliphatic heterocycles. The summed E-state index contributed by atoms with van der Waals surface area (Å²) in [4.78, 5) is 27.8. The summed E-state index contributed by atoms with van der Waals surface area (Å²) in [6.45, 7) is 2.02. The van der Waals surface area contributed by atoms with Crippen LogP contribution in [0.1, 0.15) is 23.6 Å². The Morgan fingerprint density at radius 2 is 2.04 bits per heavy atom. The molecule has 0 spiro atoms. The number of hydrogen-bond acceptors (Lipinski definition) is 6. The first-order valence-corrected chi connectivity index (χ1v) is 9.03. The van der Waals surface area contributed by atoms with Crippen LogP contribution in [0.25, 0.3) is 0 Å². The lowest BCUT2D eigenvalue weighted by atomic mass is 9.73. The molecule has 0 amide bonds. The van der Waals surface area contributed by atoms with Gasteiger partial charge in [0.1, 0.15) is 6.04 Å². The van der Waals surface area contributed by atoms with E-state index in [-0.39, 0.29) is 47.6 Å². The van der Waals surface area contributed by atoms with Crippen LogP contribution in [0.2, 0.25) is 0 Å². The lowest BCUT2D eigenvalue weighted by Gasteiger charge is -2.41. The van der Waals surface area contributed by atoms with E-state index in [0.717, 1.165) is 11.1 Å². The highest BCUT2D eigenvalue weighted by Gasteiger charge is 2.63. The van der Waals surface area contributed by atoms with Gasteiger partial charge in [0.25, 0.3) is 0 Å². The second-order valence-electron chi connectivity index (χ2n) is 7.70. The van der Waals surface area contributed by atoms with Crippen LogP contribution in [0.15, 0.2) is 24.3 Å². The fourth-order valence-electron chi connectivity index (χ4n) is 5.28. The zero-order valence-corrected chi connectivity index (χ0v) is 15.2. The van der Waals surface area contributed by atoms with Crippen molar-refractivity contribution in [2.24, 2.45) is 17.8 Å². The molecule has 1 aromatic rings. The van der Waals surface area contributed by atoms with Crippen molar-refractivity contribution in [1.29, 1.82) is 5.26 Å². The zero-order chi connectivity index (χ0) is 18.6. The number of fused-ring (bicyclic) bond motifs is 4. The van der Waals surface area contributed by atoms with E-state index in [1.54, 1.807) is 0 Å². The number of carbonyl (C=O) groups is 2. The maximum atomic E-state index is 13.3. The topological polar surface area (TPSA) is 82.4 Å². The molecule has 1 N–H and O–H groups in total. The van der Waals surface area contributed by atoms with Crippen molar-refractivity contribution in [1.82, 2.24) is 10.2 Å². The lowest BCUT2D eigenvalue weighted by molar-refractivity contribution is -0.146. The molecule has 136 valence electrons. The van der Waals surface area contributed by atoms with E-state index in [4.69, 9.17) is 4.74 Å². The van der Waals surface area contributed by atoms with Crippen LogP contribution in [0.3, 0.4) is 0 Å². The van der Waals surface area contributed by atoms with E-state index in [2.05, 4.69) is 11.4 Å². The van der Waals surface area contributed by atoms with Crippen LogP contribution in [0, 0.1) is 36.0 Å². The van der Waals surface area contributed by atoms with Crippen LogP contribution in [-0.2, 0) is 14.3 Å². The molecule has 2 bridgehead atoms. The molecule has 6 nitrogen and oxygen atoms in total. The Balaban J connectivity index is 1.79. The van der Waals surface area contributed by atoms with Crippen molar-refractivity contribution >= 4 is 11.8 Å². The number of ketones is 1. The Morgan fingerprint density at radius 1 is 1.35 bits per heavy atom. The molecule has 1 aromatic carbocycles. The number of carbonyl (C=O) groups excluding carboxylic acids is 2. The fraction of sp³-hybridized carbons (Fsp3) is 0.550. The fourth-order valence-corrected chi connectivity index (χ4v) is 5.28. The van der Waals surface area contributed by atoms with Crippen LogP contribution in [0.5, 0.6) is 0 Å². The highest BCUT2D eigenvalue weighted by Crippen LogP contribution is 2.51. The number of methoxy groups -OCH3 is 1. The summed E-state index contributed by atoms with van der Waals surface area (Å²) in [5, 5.41) is 13.0. The normalized spacial score (nSPS) is 38.7. The number of likely N-dealkylation sites (N-methyl/N-ethyl adjacent to an activating group) is 1. The van der Waals surface area contributed by atoms with Gasteiger partial charge in [-0.1, -0.05) is 29.8 Å². The number of nitrogens with one attached hydrogen (secondary N) is 1. The average Bonchev–Trinajstić information content (AvgIpc) is 3.15. The number of hydrogen-bond donors (Lipinski definition) is 1. The Labute approximate surface area is 153 Å². The molecule has 3 heterocycles. The molecule has 0 aliphatic carbocycles. The largest absolute Gasteiger partial charge is 0.468 e. The van der Waals surface area contributed by atoms with Crippen LogP contribution < -0.4 is 5.32 Å². The number of benzene rings is 1. The minimum absolute atomic E-state index is 0.111. The van der Waals surface area contributed by atoms with Gasteiger partial charge < -0.3 is 4.74 Å². The maximum Gasteiger partial charge on any atom is 0.323 e. The summed E-state index contributed by atoms with van der Waals surface area (Å²) >= 11 is 0. The van der Waals surface area contributed by atoms with Gasteiger partial charge in [0.2, 0.25) is 0 Å². The molecular weight excluding hydrogens is 330 g/mol. The summed E-state index contributed by atoms with van der Waals surface area (Å²) in [5.41, 5.74) is 2.15. The number of piperidine rings is 1. The number of nitrogens with zero attached hydrogens (tertiary/aromatic N) is 2. The van der Waals surface area contributed by atoms with Crippen LogP contribution >= 0.6 is 0 Å². The molecule has 7 atom stereocenters. The number of Topliss-reactive ketones (excluding diaryl/α,β-unsaturated/α-hetero) is 1. The highest BCUT2D eigenvalue weighted by atomic mass is 16.5. The van der Waals surface area contributed by atoms with Gasteiger partial charge in [0.15, 0.2) is 5.78 Å². The lowest BCUT2D eigenvalue weighted by Crippen LogP contribution is -2.56.